The monoisotopic (exact) mass is 269 g/mol. The highest BCUT2D eigenvalue weighted by Crippen LogP contribution is 2.27. The first kappa shape index (κ1) is 13.3. The van der Waals surface area contributed by atoms with Crippen molar-refractivity contribution in [2.45, 2.75) is 26.3 Å². The van der Waals surface area contributed by atoms with E-state index in [1.54, 1.807) is 11.0 Å². The highest BCUT2D eigenvalue weighted by atomic mass is 35.5. The van der Waals surface area contributed by atoms with Crippen molar-refractivity contribution in [1.29, 1.82) is 0 Å². The highest BCUT2D eigenvalue weighted by Gasteiger charge is 2.34. The fourth-order valence-corrected chi connectivity index (χ4v) is 2.95. The van der Waals surface area contributed by atoms with Crippen LogP contribution in [0.5, 0.6) is 0 Å². The summed E-state index contributed by atoms with van der Waals surface area (Å²) in [6.07, 6.45) is 0.956. The van der Waals surface area contributed by atoms with Gasteiger partial charge in [0.15, 0.2) is 0 Å². The Labute approximate surface area is 112 Å². The molecule has 1 heterocycles. The van der Waals surface area contributed by atoms with Crippen LogP contribution >= 0.6 is 11.6 Å². The molecule has 1 aliphatic rings. The van der Waals surface area contributed by atoms with Gasteiger partial charge in [-0.15, -0.1) is 11.6 Å². The smallest absolute Gasteiger partial charge is 0.254 e. The van der Waals surface area contributed by atoms with E-state index >= 15 is 0 Å². The summed E-state index contributed by atoms with van der Waals surface area (Å²) in [6.45, 7) is 4.62. The average Bonchev–Trinajstić information content (AvgIpc) is 2.72. The molecule has 1 amide bonds. The summed E-state index contributed by atoms with van der Waals surface area (Å²) in [5.74, 6) is 0.349. The number of halogens is 2. The van der Waals surface area contributed by atoms with E-state index in [0.717, 1.165) is 12.0 Å². The first-order valence-electron chi connectivity index (χ1n) is 6.17. The molecule has 0 radical (unpaired) electrons. The first-order chi connectivity index (χ1) is 8.54. The molecule has 4 heteroatoms. The summed E-state index contributed by atoms with van der Waals surface area (Å²) in [5, 5.41) is 0. The lowest BCUT2D eigenvalue weighted by Gasteiger charge is -2.25. The van der Waals surface area contributed by atoms with Crippen LogP contribution in [0.25, 0.3) is 0 Å². The van der Waals surface area contributed by atoms with Gasteiger partial charge < -0.3 is 4.90 Å². The Bertz CT molecular complexity index is 463. The normalized spacial score (nSPS) is 23.4. The van der Waals surface area contributed by atoms with E-state index < -0.39 is 0 Å². The number of benzene rings is 1. The molecule has 2 rings (SSSR count). The number of hydrogen-bond donors (Lipinski definition) is 0. The van der Waals surface area contributed by atoms with Crippen LogP contribution in [-0.4, -0.2) is 29.3 Å². The molecule has 0 saturated carbocycles. The zero-order valence-corrected chi connectivity index (χ0v) is 11.4. The number of carbonyl (C=O) groups excluding carboxylic acids is 1. The number of hydrogen-bond acceptors (Lipinski definition) is 1. The number of nitrogens with zero attached hydrogens (tertiary/aromatic N) is 1. The van der Waals surface area contributed by atoms with E-state index in [2.05, 4.69) is 6.92 Å². The van der Waals surface area contributed by atoms with Gasteiger partial charge in [0.05, 0.1) is 0 Å². The van der Waals surface area contributed by atoms with Crippen molar-refractivity contribution in [3.8, 4) is 0 Å². The van der Waals surface area contributed by atoms with Crippen molar-refractivity contribution in [2.75, 3.05) is 12.4 Å². The van der Waals surface area contributed by atoms with E-state index in [1.807, 2.05) is 6.92 Å². The van der Waals surface area contributed by atoms with Gasteiger partial charge in [0, 0.05) is 24.0 Å². The molecule has 18 heavy (non-hydrogen) atoms. The Morgan fingerprint density at radius 2 is 2.28 bits per heavy atom. The van der Waals surface area contributed by atoms with Gasteiger partial charge in [-0.1, -0.05) is 13.0 Å². The van der Waals surface area contributed by atoms with Crippen LogP contribution in [0, 0.1) is 18.7 Å². The molecule has 2 unspecified atom stereocenters. The fourth-order valence-electron chi connectivity index (χ4n) is 2.47. The maximum atomic E-state index is 13.3. The maximum absolute atomic E-state index is 13.3. The van der Waals surface area contributed by atoms with Gasteiger partial charge in [-0.3, -0.25) is 4.79 Å². The number of rotatable bonds is 2. The number of alkyl halides is 1. The Kier molecular flexibility index (Phi) is 3.91. The number of likely N-dealkylation sites (tertiary alicyclic amines) is 1. The molecule has 0 aromatic heterocycles. The Balaban J connectivity index is 2.28. The van der Waals surface area contributed by atoms with Gasteiger partial charge >= 0.3 is 0 Å². The summed E-state index contributed by atoms with van der Waals surface area (Å²) in [5.41, 5.74) is 1.24. The minimum atomic E-state index is -0.376. The Morgan fingerprint density at radius 1 is 1.56 bits per heavy atom. The minimum Gasteiger partial charge on any atom is -0.334 e. The maximum Gasteiger partial charge on any atom is 0.254 e. The summed E-state index contributed by atoms with van der Waals surface area (Å²) in [4.78, 5) is 14.2. The van der Waals surface area contributed by atoms with Gasteiger partial charge in [0.25, 0.3) is 5.91 Å². The van der Waals surface area contributed by atoms with E-state index in [4.69, 9.17) is 11.6 Å². The molecular formula is C14H17ClFNO. The second-order valence-electron chi connectivity index (χ2n) is 4.95. The van der Waals surface area contributed by atoms with Crippen LogP contribution in [0.4, 0.5) is 4.39 Å². The van der Waals surface area contributed by atoms with Gasteiger partial charge in [-0.05, 0) is 37.0 Å². The van der Waals surface area contributed by atoms with E-state index in [-0.39, 0.29) is 17.8 Å². The zero-order valence-electron chi connectivity index (χ0n) is 10.6. The summed E-state index contributed by atoms with van der Waals surface area (Å²) < 4.78 is 13.3. The van der Waals surface area contributed by atoms with Crippen molar-refractivity contribution < 1.29 is 9.18 Å². The van der Waals surface area contributed by atoms with Crippen molar-refractivity contribution in [2.24, 2.45) is 5.92 Å². The van der Waals surface area contributed by atoms with Gasteiger partial charge in [-0.25, -0.2) is 4.39 Å². The quantitative estimate of drug-likeness (QED) is 0.755. The SMILES string of the molecule is Cc1ccc(F)cc1C(=O)N1CCC(C)C1CCl. The molecule has 0 bridgehead atoms. The summed E-state index contributed by atoms with van der Waals surface area (Å²) in [7, 11) is 0. The fraction of sp³-hybridized carbons (Fsp3) is 0.500. The van der Waals surface area contributed by atoms with Crippen molar-refractivity contribution in [3.63, 3.8) is 0 Å². The van der Waals surface area contributed by atoms with Crippen LogP contribution in [0.2, 0.25) is 0 Å². The largest absolute Gasteiger partial charge is 0.334 e. The minimum absolute atomic E-state index is 0.0573. The average molecular weight is 270 g/mol. The molecule has 98 valence electrons. The summed E-state index contributed by atoms with van der Waals surface area (Å²) in [6, 6.07) is 4.38. The molecule has 0 spiro atoms. The lowest BCUT2D eigenvalue weighted by Crippen LogP contribution is -2.39. The van der Waals surface area contributed by atoms with Crippen molar-refractivity contribution >= 4 is 17.5 Å². The molecular weight excluding hydrogens is 253 g/mol. The zero-order chi connectivity index (χ0) is 13.3. The number of aryl methyl sites for hydroxylation is 1. The van der Waals surface area contributed by atoms with Gasteiger partial charge in [0.1, 0.15) is 5.82 Å². The molecule has 2 atom stereocenters. The third-order valence-electron chi connectivity index (χ3n) is 3.73. The van der Waals surface area contributed by atoms with Crippen molar-refractivity contribution in [3.05, 3.63) is 35.1 Å². The highest BCUT2D eigenvalue weighted by molar-refractivity contribution is 6.18. The molecule has 0 N–H and O–H groups in total. The Hall–Kier alpha value is -1.09. The van der Waals surface area contributed by atoms with E-state index in [0.29, 0.717) is 23.9 Å². The van der Waals surface area contributed by atoms with Crippen molar-refractivity contribution in [1.82, 2.24) is 4.90 Å². The topological polar surface area (TPSA) is 20.3 Å². The molecule has 1 saturated heterocycles. The van der Waals surface area contributed by atoms with E-state index in [9.17, 15) is 9.18 Å². The molecule has 1 aliphatic heterocycles. The second-order valence-corrected chi connectivity index (χ2v) is 5.25. The third kappa shape index (κ3) is 2.37. The molecule has 2 nitrogen and oxygen atoms in total. The van der Waals surface area contributed by atoms with Crippen LogP contribution in [0.1, 0.15) is 29.3 Å². The van der Waals surface area contributed by atoms with Crippen LogP contribution in [-0.2, 0) is 0 Å². The van der Waals surface area contributed by atoms with Crippen LogP contribution in [0.15, 0.2) is 18.2 Å². The van der Waals surface area contributed by atoms with E-state index in [1.165, 1.54) is 12.1 Å². The number of carbonyl (C=O) groups is 1. The molecule has 1 fully saturated rings. The van der Waals surface area contributed by atoms with Crippen LogP contribution < -0.4 is 0 Å². The summed E-state index contributed by atoms with van der Waals surface area (Å²) >= 11 is 5.93. The lowest BCUT2D eigenvalue weighted by atomic mass is 10.0. The van der Waals surface area contributed by atoms with Crippen LogP contribution in [0.3, 0.4) is 0 Å². The first-order valence-corrected chi connectivity index (χ1v) is 6.71. The second kappa shape index (κ2) is 5.27. The number of amides is 1. The molecule has 0 aliphatic carbocycles. The predicted molar refractivity (Wildman–Crippen MR) is 70.5 cm³/mol. The Morgan fingerprint density at radius 3 is 2.94 bits per heavy atom. The standard InChI is InChI=1S/C14H17ClFNO/c1-9-3-4-11(16)7-12(9)14(18)17-6-5-10(2)13(17)8-15/h3-4,7,10,13H,5-6,8H2,1-2H3. The lowest BCUT2D eigenvalue weighted by molar-refractivity contribution is 0.0736. The molecule has 1 aromatic carbocycles. The molecule has 1 aromatic rings. The predicted octanol–water partition coefficient (Wildman–Crippen LogP) is 3.22. The van der Waals surface area contributed by atoms with Gasteiger partial charge in [-0.2, -0.15) is 0 Å². The third-order valence-corrected chi connectivity index (χ3v) is 4.05. The van der Waals surface area contributed by atoms with Gasteiger partial charge in [0.2, 0.25) is 0 Å².